The SMILES string of the molecule is COc1ccc([C@@H]2Nc3ccccc3C(=O)N2c2ccc(OC)cc2)cc1. The highest BCUT2D eigenvalue weighted by Gasteiger charge is 2.33. The zero-order chi connectivity index (χ0) is 18.8. The fourth-order valence-corrected chi connectivity index (χ4v) is 3.28. The number of fused-ring (bicyclic) bond motifs is 1. The Balaban J connectivity index is 1.80. The number of carbonyl (C=O) groups is 1. The largest absolute Gasteiger partial charge is 0.497 e. The van der Waals surface area contributed by atoms with E-state index in [0.29, 0.717) is 5.56 Å². The minimum atomic E-state index is -0.327. The van der Waals surface area contributed by atoms with Gasteiger partial charge in [-0.05, 0) is 54.1 Å². The van der Waals surface area contributed by atoms with Gasteiger partial charge in [-0.15, -0.1) is 0 Å². The number of rotatable bonds is 4. The van der Waals surface area contributed by atoms with Crippen LogP contribution in [0.1, 0.15) is 22.1 Å². The van der Waals surface area contributed by atoms with Crippen molar-refractivity contribution in [3.63, 3.8) is 0 Å². The Morgan fingerprint density at radius 3 is 2.04 bits per heavy atom. The van der Waals surface area contributed by atoms with E-state index in [-0.39, 0.29) is 12.1 Å². The number of carbonyl (C=O) groups excluding carboxylic acids is 1. The molecule has 4 rings (SSSR count). The molecule has 0 fully saturated rings. The summed E-state index contributed by atoms with van der Waals surface area (Å²) in [5.41, 5.74) is 3.24. The lowest BCUT2D eigenvalue weighted by molar-refractivity contribution is 0.0975. The Morgan fingerprint density at radius 1 is 0.815 bits per heavy atom. The van der Waals surface area contributed by atoms with Crippen LogP contribution in [0.15, 0.2) is 72.8 Å². The first-order chi connectivity index (χ1) is 13.2. The molecule has 0 saturated carbocycles. The average molecular weight is 360 g/mol. The second kappa shape index (κ2) is 7.03. The maximum absolute atomic E-state index is 13.3. The zero-order valence-electron chi connectivity index (χ0n) is 15.2. The van der Waals surface area contributed by atoms with Gasteiger partial charge < -0.3 is 14.8 Å². The van der Waals surface area contributed by atoms with Crippen molar-refractivity contribution >= 4 is 17.3 Å². The predicted octanol–water partition coefficient (Wildman–Crippen LogP) is 4.47. The zero-order valence-corrected chi connectivity index (χ0v) is 15.2. The summed E-state index contributed by atoms with van der Waals surface area (Å²) in [5, 5.41) is 3.49. The lowest BCUT2D eigenvalue weighted by Gasteiger charge is -2.38. The van der Waals surface area contributed by atoms with Crippen LogP contribution in [0.2, 0.25) is 0 Å². The van der Waals surface area contributed by atoms with E-state index in [4.69, 9.17) is 9.47 Å². The Labute approximate surface area is 158 Å². The van der Waals surface area contributed by atoms with Gasteiger partial charge in [-0.3, -0.25) is 9.69 Å². The molecule has 0 spiro atoms. The number of nitrogens with one attached hydrogen (secondary N) is 1. The third-order valence-electron chi connectivity index (χ3n) is 4.71. The predicted molar refractivity (Wildman–Crippen MR) is 106 cm³/mol. The van der Waals surface area contributed by atoms with Gasteiger partial charge in [0.15, 0.2) is 0 Å². The average Bonchev–Trinajstić information content (AvgIpc) is 2.74. The van der Waals surface area contributed by atoms with Gasteiger partial charge in [0.1, 0.15) is 17.7 Å². The van der Waals surface area contributed by atoms with E-state index in [9.17, 15) is 4.79 Å². The number of hydrogen-bond acceptors (Lipinski definition) is 4. The molecular formula is C22H20N2O3. The van der Waals surface area contributed by atoms with Crippen molar-refractivity contribution in [2.24, 2.45) is 0 Å². The van der Waals surface area contributed by atoms with E-state index >= 15 is 0 Å². The minimum absolute atomic E-state index is 0.0460. The topological polar surface area (TPSA) is 50.8 Å². The van der Waals surface area contributed by atoms with Gasteiger partial charge >= 0.3 is 0 Å². The number of anilines is 2. The number of methoxy groups -OCH3 is 2. The summed E-state index contributed by atoms with van der Waals surface area (Å²) in [6, 6.07) is 22.8. The van der Waals surface area contributed by atoms with E-state index in [2.05, 4.69) is 5.32 Å². The molecule has 0 aromatic heterocycles. The van der Waals surface area contributed by atoms with Gasteiger partial charge in [-0.1, -0.05) is 24.3 Å². The maximum atomic E-state index is 13.3. The van der Waals surface area contributed by atoms with Crippen molar-refractivity contribution in [2.75, 3.05) is 24.4 Å². The molecule has 0 aliphatic carbocycles. The molecule has 5 heteroatoms. The summed E-state index contributed by atoms with van der Waals surface area (Å²) < 4.78 is 10.5. The third-order valence-corrected chi connectivity index (χ3v) is 4.71. The molecule has 3 aromatic rings. The number of nitrogens with zero attached hydrogens (tertiary/aromatic N) is 1. The quantitative estimate of drug-likeness (QED) is 0.746. The summed E-state index contributed by atoms with van der Waals surface area (Å²) >= 11 is 0. The molecule has 0 radical (unpaired) electrons. The fraction of sp³-hybridized carbons (Fsp3) is 0.136. The summed E-state index contributed by atoms with van der Waals surface area (Å²) in [7, 11) is 3.26. The molecule has 0 unspecified atom stereocenters. The fourth-order valence-electron chi connectivity index (χ4n) is 3.28. The first-order valence-corrected chi connectivity index (χ1v) is 8.68. The van der Waals surface area contributed by atoms with Crippen LogP contribution in [0.3, 0.4) is 0 Å². The monoisotopic (exact) mass is 360 g/mol. The lowest BCUT2D eigenvalue weighted by Crippen LogP contribution is -2.43. The number of benzene rings is 3. The van der Waals surface area contributed by atoms with Gasteiger partial charge in [0.2, 0.25) is 0 Å². The van der Waals surface area contributed by atoms with Crippen molar-refractivity contribution in [2.45, 2.75) is 6.17 Å². The first kappa shape index (κ1) is 17.0. The molecule has 1 aliphatic rings. The summed E-state index contributed by atoms with van der Waals surface area (Å²) in [5.74, 6) is 1.48. The molecule has 5 nitrogen and oxygen atoms in total. The van der Waals surface area contributed by atoms with Crippen LogP contribution in [-0.2, 0) is 0 Å². The third kappa shape index (κ3) is 3.08. The highest BCUT2D eigenvalue weighted by Crippen LogP contribution is 2.37. The summed E-state index contributed by atoms with van der Waals surface area (Å²) in [6.45, 7) is 0. The highest BCUT2D eigenvalue weighted by atomic mass is 16.5. The molecule has 0 bridgehead atoms. The number of ether oxygens (including phenoxy) is 2. The Morgan fingerprint density at radius 2 is 1.41 bits per heavy atom. The molecule has 136 valence electrons. The van der Waals surface area contributed by atoms with Crippen LogP contribution in [0.4, 0.5) is 11.4 Å². The standard InChI is InChI=1S/C22H20N2O3/c1-26-17-11-7-15(8-12-17)21-23-20-6-4-3-5-19(20)22(25)24(21)16-9-13-18(27-2)14-10-16/h3-14,21,23H,1-2H3/t21-/m1/s1. The molecule has 27 heavy (non-hydrogen) atoms. The van der Waals surface area contributed by atoms with Crippen LogP contribution < -0.4 is 19.7 Å². The van der Waals surface area contributed by atoms with Gasteiger partial charge in [0.25, 0.3) is 5.91 Å². The second-order valence-electron chi connectivity index (χ2n) is 6.24. The molecular weight excluding hydrogens is 340 g/mol. The normalized spacial score (nSPS) is 15.7. The van der Waals surface area contributed by atoms with Gasteiger partial charge in [-0.25, -0.2) is 0 Å². The van der Waals surface area contributed by atoms with Gasteiger partial charge in [0, 0.05) is 11.4 Å². The van der Waals surface area contributed by atoms with Crippen molar-refractivity contribution in [3.8, 4) is 11.5 Å². The minimum Gasteiger partial charge on any atom is -0.497 e. The van der Waals surface area contributed by atoms with Crippen LogP contribution in [0.25, 0.3) is 0 Å². The highest BCUT2D eigenvalue weighted by molar-refractivity contribution is 6.12. The maximum Gasteiger partial charge on any atom is 0.262 e. The molecule has 0 saturated heterocycles. The van der Waals surface area contributed by atoms with E-state index in [1.54, 1.807) is 19.1 Å². The summed E-state index contributed by atoms with van der Waals surface area (Å²) in [4.78, 5) is 15.1. The van der Waals surface area contributed by atoms with E-state index in [1.165, 1.54) is 0 Å². The van der Waals surface area contributed by atoms with Crippen LogP contribution in [0, 0.1) is 0 Å². The Hall–Kier alpha value is -3.47. The summed E-state index contributed by atoms with van der Waals surface area (Å²) in [6.07, 6.45) is -0.327. The Kier molecular flexibility index (Phi) is 4.42. The second-order valence-corrected chi connectivity index (χ2v) is 6.24. The van der Waals surface area contributed by atoms with Crippen LogP contribution in [0.5, 0.6) is 11.5 Å². The first-order valence-electron chi connectivity index (χ1n) is 8.68. The van der Waals surface area contributed by atoms with Crippen molar-refractivity contribution in [1.29, 1.82) is 0 Å². The van der Waals surface area contributed by atoms with E-state index in [1.807, 2.05) is 72.8 Å². The van der Waals surface area contributed by atoms with Crippen molar-refractivity contribution < 1.29 is 14.3 Å². The van der Waals surface area contributed by atoms with E-state index < -0.39 is 0 Å². The Bertz CT molecular complexity index is 952. The van der Waals surface area contributed by atoms with E-state index in [0.717, 1.165) is 28.4 Å². The molecule has 3 aromatic carbocycles. The van der Waals surface area contributed by atoms with Crippen LogP contribution in [-0.4, -0.2) is 20.1 Å². The van der Waals surface area contributed by atoms with Gasteiger partial charge in [0.05, 0.1) is 19.8 Å². The van der Waals surface area contributed by atoms with Crippen molar-refractivity contribution in [1.82, 2.24) is 0 Å². The van der Waals surface area contributed by atoms with Crippen LogP contribution >= 0.6 is 0 Å². The van der Waals surface area contributed by atoms with Crippen molar-refractivity contribution in [3.05, 3.63) is 83.9 Å². The number of para-hydroxylation sites is 1. The molecule has 1 atom stereocenters. The number of hydrogen-bond donors (Lipinski definition) is 1. The molecule has 1 heterocycles. The molecule has 1 N–H and O–H groups in total. The molecule has 1 aliphatic heterocycles. The molecule has 1 amide bonds. The van der Waals surface area contributed by atoms with Gasteiger partial charge in [-0.2, -0.15) is 0 Å². The lowest BCUT2D eigenvalue weighted by atomic mass is 10.0. The smallest absolute Gasteiger partial charge is 0.262 e. The number of amides is 1.